The summed E-state index contributed by atoms with van der Waals surface area (Å²) in [6.45, 7) is 3.96. The minimum Gasteiger partial charge on any atom is -0.492 e. The van der Waals surface area contributed by atoms with Gasteiger partial charge in [0.15, 0.2) is 0 Å². The molecule has 0 saturated heterocycles. The first-order valence-corrected chi connectivity index (χ1v) is 8.34. The fourth-order valence-electron chi connectivity index (χ4n) is 2.36. The summed E-state index contributed by atoms with van der Waals surface area (Å²) in [5.74, 6) is 1.56. The molecule has 120 valence electrons. The van der Waals surface area contributed by atoms with Crippen molar-refractivity contribution >= 4 is 21.6 Å². The SMILES string of the molecule is Cc1cccc(OCCN(C)Cc2nc3ccsc3c(=O)[nH]2)c1. The van der Waals surface area contributed by atoms with E-state index in [4.69, 9.17) is 4.74 Å². The quantitative estimate of drug-likeness (QED) is 0.755. The van der Waals surface area contributed by atoms with Crippen molar-refractivity contribution in [3.63, 3.8) is 0 Å². The Bertz CT molecular complexity index is 856. The number of rotatable bonds is 6. The number of aromatic nitrogens is 2. The second kappa shape index (κ2) is 6.93. The van der Waals surface area contributed by atoms with Gasteiger partial charge in [0.05, 0.1) is 12.1 Å². The average molecular weight is 329 g/mol. The zero-order valence-corrected chi connectivity index (χ0v) is 14.0. The molecule has 0 aliphatic rings. The minimum atomic E-state index is -0.0654. The number of thiophene rings is 1. The summed E-state index contributed by atoms with van der Waals surface area (Å²) in [5.41, 5.74) is 1.88. The van der Waals surface area contributed by atoms with E-state index in [1.165, 1.54) is 16.9 Å². The number of ether oxygens (including phenoxy) is 1. The largest absolute Gasteiger partial charge is 0.492 e. The molecule has 0 aliphatic carbocycles. The van der Waals surface area contributed by atoms with Gasteiger partial charge in [0, 0.05) is 6.54 Å². The van der Waals surface area contributed by atoms with Crippen LogP contribution in [0.3, 0.4) is 0 Å². The molecule has 0 fully saturated rings. The Kier molecular flexibility index (Phi) is 4.73. The molecule has 0 amide bonds. The number of nitrogens with zero attached hydrogens (tertiary/aromatic N) is 2. The third-order valence-corrected chi connectivity index (χ3v) is 4.42. The second-order valence-electron chi connectivity index (χ2n) is 5.55. The van der Waals surface area contributed by atoms with Gasteiger partial charge in [0.25, 0.3) is 5.56 Å². The molecular formula is C17H19N3O2S. The van der Waals surface area contributed by atoms with Crippen molar-refractivity contribution in [3.05, 3.63) is 57.5 Å². The summed E-state index contributed by atoms with van der Waals surface area (Å²) in [5, 5.41) is 1.89. The number of aromatic amines is 1. The Balaban J connectivity index is 1.56. The van der Waals surface area contributed by atoms with E-state index in [-0.39, 0.29) is 5.56 Å². The molecule has 23 heavy (non-hydrogen) atoms. The summed E-state index contributed by atoms with van der Waals surface area (Å²) in [7, 11) is 1.98. The van der Waals surface area contributed by atoms with Crippen LogP contribution in [-0.4, -0.2) is 35.1 Å². The van der Waals surface area contributed by atoms with Crippen molar-refractivity contribution in [1.29, 1.82) is 0 Å². The van der Waals surface area contributed by atoms with Gasteiger partial charge in [-0.3, -0.25) is 9.69 Å². The molecule has 0 unspecified atom stereocenters. The molecule has 5 nitrogen and oxygen atoms in total. The normalized spacial score (nSPS) is 11.3. The molecule has 0 saturated carbocycles. The highest BCUT2D eigenvalue weighted by molar-refractivity contribution is 7.17. The molecule has 0 bridgehead atoms. The van der Waals surface area contributed by atoms with E-state index in [2.05, 4.69) is 14.9 Å². The van der Waals surface area contributed by atoms with Gasteiger partial charge in [-0.25, -0.2) is 4.98 Å². The first-order chi connectivity index (χ1) is 11.1. The van der Waals surface area contributed by atoms with Crippen LogP contribution in [0.2, 0.25) is 0 Å². The third kappa shape index (κ3) is 3.97. The predicted molar refractivity (Wildman–Crippen MR) is 93.2 cm³/mol. The Morgan fingerprint density at radius 2 is 2.22 bits per heavy atom. The van der Waals surface area contributed by atoms with Crippen molar-refractivity contribution < 1.29 is 4.74 Å². The van der Waals surface area contributed by atoms with Crippen LogP contribution in [0.1, 0.15) is 11.4 Å². The number of likely N-dealkylation sites (N-methyl/N-ethyl adjacent to an activating group) is 1. The molecule has 2 heterocycles. The molecule has 1 aromatic carbocycles. The fraction of sp³-hybridized carbons (Fsp3) is 0.294. The summed E-state index contributed by atoms with van der Waals surface area (Å²) < 4.78 is 6.42. The minimum absolute atomic E-state index is 0.0654. The highest BCUT2D eigenvalue weighted by Gasteiger charge is 2.07. The van der Waals surface area contributed by atoms with E-state index in [1.54, 1.807) is 0 Å². The smallest absolute Gasteiger partial charge is 0.268 e. The number of H-pyrrole nitrogens is 1. The van der Waals surface area contributed by atoms with Crippen molar-refractivity contribution in [2.45, 2.75) is 13.5 Å². The zero-order valence-electron chi connectivity index (χ0n) is 13.2. The van der Waals surface area contributed by atoms with Gasteiger partial charge in [-0.05, 0) is 43.1 Å². The van der Waals surface area contributed by atoms with Crippen molar-refractivity contribution in [3.8, 4) is 5.75 Å². The lowest BCUT2D eigenvalue weighted by molar-refractivity contribution is 0.229. The number of benzene rings is 1. The van der Waals surface area contributed by atoms with Crippen molar-refractivity contribution in [2.24, 2.45) is 0 Å². The Hall–Kier alpha value is -2.18. The number of nitrogens with one attached hydrogen (secondary N) is 1. The zero-order chi connectivity index (χ0) is 16.2. The van der Waals surface area contributed by atoms with Crippen LogP contribution in [0, 0.1) is 6.92 Å². The first kappa shape index (κ1) is 15.7. The third-order valence-electron chi connectivity index (χ3n) is 3.51. The van der Waals surface area contributed by atoms with E-state index < -0.39 is 0 Å². The van der Waals surface area contributed by atoms with Crippen LogP contribution < -0.4 is 10.3 Å². The maximum Gasteiger partial charge on any atom is 0.268 e. The molecule has 0 atom stereocenters. The second-order valence-corrected chi connectivity index (χ2v) is 6.47. The Morgan fingerprint density at radius 1 is 1.35 bits per heavy atom. The van der Waals surface area contributed by atoms with E-state index in [0.29, 0.717) is 23.7 Å². The average Bonchev–Trinajstić information content (AvgIpc) is 2.96. The monoisotopic (exact) mass is 329 g/mol. The van der Waals surface area contributed by atoms with E-state index in [1.807, 2.05) is 49.7 Å². The lowest BCUT2D eigenvalue weighted by atomic mass is 10.2. The van der Waals surface area contributed by atoms with Crippen LogP contribution >= 0.6 is 11.3 Å². The Morgan fingerprint density at radius 3 is 3.04 bits per heavy atom. The van der Waals surface area contributed by atoms with Crippen molar-refractivity contribution in [2.75, 3.05) is 20.2 Å². The van der Waals surface area contributed by atoms with Crippen LogP contribution in [0.5, 0.6) is 5.75 Å². The van der Waals surface area contributed by atoms with E-state index >= 15 is 0 Å². The highest BCUT2D eigenvalue weighted by atomic mass is 32.1. The molecule has 3 rings (SSSR count). The lowest BCUT2D eigenvalue weighted by Gasteiger charge is -2.16. The van der Waals surface area contributed by atoms with Gasteiger partial charge < -0.3 is 9.72 Å². The summed E-state index contributed by atoms with van der Waals surface area (Å²) in [4.78, 5) is 21.4. The van der Waals surface area contributed by atoms with Crippen LogP contribution in [0.15, 0.2) is 40.5 Å². The summed E-state index contributed by atoms with van der Waals surface area (Å²) in [6, 6.07) is 9.88. The van der Waals surface area contributed by atoms with Crippen LogP contribution in [-0.2, 0) is 6.54 Å². The van der Waals surface area contributed by atoms with Gasteiger partial charge in [-0.1, -0.05) is 12.1 Å². The maximum atomic E-state index is 11.9. The topological polar surface area (TPSA) is 58.2 Å². The maximum absolute atomic E-state index is 11.9. The van der Waals surface area contributed by atoms with Crippen LogP contribution in [0.25, 0.3) is 10.2 Å². The number of fused-ring (bicyclic) bond motifs is 1. The number of hydrogen-bond acceptors (Lipinski definition) is 5. The van der Waals surface area contributed by atoms with Gasteiger partial charge in [-0.15, -0.1) is 11.3 Å². The molecule has 6 heteroatoms. The molecule has 3 aromatic rings. The Labute approximate surface area is 138 Å². The molecule has 0 radical (unpaired) electrons. The molecular weight excluding hydrogens is 310 g/mol. The van der Waals surface area contributed by atoms with Gasteiger partial charge in [0.2, 0.25) is 0 Å². The summed E-state index contributed by atoms with van der Waals surface area (Å²) in [6.07, 6.45) is 0. The predicted octanol–water partition coefficient (Wildman–Crippen LogP) is 2.80. The van der Waals surface area contributed by atoms with Gasteiger partial charge in [-0.2, -0.15) is 0 Å². The molecule has 2 aromatic heterocycles. The van der Waals surface area contributed by atoms with Gasteiger partial charge in [0.1, 0.15) is 22.9 Å². The standard InChI is InChI=1S/C17H19N3O2S/c1-12-4-3-5-13(10-12)22-8-7-20(2)11-15-18-14-6-9-23-16(14)17(21)19-15/h3-6,9-10H,7-8,11H2,1-2H3,(H,18,19,21). The number of aryl methyl sites for hydroxylation is 1. The molecule has 1 N–H and O–H groups in total. The van der Waals surface area contributed by atoms with E-state index in [0.717, 1.165) is 17.8 Å². The van der Waals surface area contributed by atoms with Crippen molar-refractivity contribution in [1.82, 2.24) is 14.9 Å². The van der Waals surface area contributed by atoms with Crippen LogP contribution in [0.4, 0.5) is 0 Å². The summed E-state index contributed by atoms with van der Waals surface area (Å²) >= 11 is 1.41. The first-order valence-electron chi connectivity index (χ1n) is 7.46. The highest BCUT2D eigenvalue weighted by Crippen LogP contribution is 2.14. The lowest BCUT2D eigenvalue weighted by Crippen LogP contribution is -2.26. The van der Waals surface area contributed by atoms with E-state index in [9.17, 15) is 4.79 Å². The molecule has 0 aliphatic heterocycles. The van der Waals surface area contributed by atoms with Gasteiger partial charge >= 0.3 is 0 Å². The molecule has 0 spiro atoms. The fourth-order valence-corrected chi connectivity index (χ4v) is 3.08. The number of hydrogen-bond donors (Lipinski definition) is 1.